The molecule has 17 heavy (non-hydrogen) atoms. The fraction of sp³-hybridized carbons (Fsp3) is 0.846. The second-order valence-electron chi connectivity index (χ2n) is 5.86. The molecule has 0 unspecified atom stereocenters. The third kappa shape index (κ3) is 9.22. The molecule has 0 aromatic carbocycles. The highest BCUT2D eigenvalue weighted by molar-refractivity contribution is 8.14. The second kappa shape index (κ2) is 5.89. The average molecular weight is 262 g/mol. The van der Waals surface area contributed by atoms with E-state index in [9.17, 15) is 9.59 Å². The fourth-order valence-electron chi connectivity index (χ4n) is 0.926. The number of hydrogen-bond donors (Lipinski definition) is 0. The van der Waals surface area contributed by atoms with Crippen molar-refractivity contribution in [3.63, 3.8) is 0 Å². The van der Waals surface area contributed by atoms with Crippen LogP contribution in [-0.4, -0.2) is 21.4 Å². The smallest absolute Gasteiger partial charge is 0.309 e. The van der Waals surface area contributed by atoms with E-state index in [-0.39, 0.29) is 4.75 Å². The lowest BCUT2D eigenvalue weighted by Crippen LogP contribution is -2.28. The highest BCUT2D eigenvalue weighted by Gasteiger charge is 2.25. The molecule has 4 heteroatoms. The van der Waals surface area contributed by atoms with Gasteiger partial charge in [0.05, 0.1) is 5.89 Å². The van der Waals surface area contributed by atoms with Gasteiger partial charge in [0.15, 0.2) is 5.12 Å². The molecule has 0 N–H and O–H groups in total. The largest absolute Gasteiger partial charge is 0.460 e. The lowest BCUT2D eigenvalue weighted by Gasteiger charge is -2.22. The summed E-state index contributed by atoms with van der Waals surface area (Å²) in [7, 11) is 0. The maximum absolute atomic E-state index is 11.9. The summed E-state index contributed by atoms with van der Waals surface area (Å²) in [5.41, 5.74) is -0.737. The van der Waals surface area contributed by atoms with Gasteiger partial charge in [-0.1, -0.05) is 39.5 Å². The molecule has 0 aliphatic carbocycles. The van der Waals surface area contributed by atoms with Crippen molar-refractivity contribution in [1.29, 1.82) is 0 Å². The summed E-state index contributed by atoms with van der Waals surface area (Å²) >= 11 is 0.973. The van der Waals surface area contributed by atoms with Gasteiger partial charge in [-0.25, -0.2) is 0 Å². The minimum atomic E-state index is -1.90. The molecular formula is C13H24O3S. The highest BCUT2D eigenvalue weighted by Crippen LogP contribution is 2.27. The Labute approximate surface area is 111 Å². The quantitative estimate of drug-likeness (QED) is 0.731. The second-order valence-corrected chi connectivity index (χ2v) is 7.69. The van der Waals surface area contributed by atoms with E-state index in [1.54, 1.807) is 20.8 Å². The average Bonchev–Trinajstić information content (AvgIpc) is 2.10. The van der Waals surface area contributed by atoms with Crippen LogP contribution in [0.5, 0.6) is 0 Å². The third-order valence-electron chi connectivity index (χ3n) is 1.46. The molecule has 3 nitrogen and oxygen atoms in total. The first kappa shape index (κ1) is 12.9. The van der Waals surface area contributed by atoms with Gasteiger partial charge in [0.1, 0.15) is 5.60 Å². The molecule has 0 saturated heterocycles. The highest BCUT2D eigenvalue weighted by atomic mass is 32.2. The van der Waals surface area contributed by atoms with Crippen molar-refractivity contribution in [2.45, 2.75) is 65.2 Å². The van der Waals surface area contributed by atoms with Gasteiger partial charge in [0.2, 0.25) is 0 Å². The van der Waals surface area contributed by atoms with E-state index in [4.69, 9.17) is 7.48 Å². The number of hydrogen-bond acceptors (Lipinski definition) is 4. The number of carbonyl (C=O) groups excluding carboxylic acids is 2. The van der Waals surface area contributed by atoms with Gasteiger partial charge in [0, 0.05) is 13.9 Å². The molecule has 0 saturated carbocycles. The zero-order valence-corrected chi connectivity index (χ0v) is 12.5. The Hall–Kier alpha value is -0.510. The lowest BCUT2D eigenvalue weighted by atomic mass is 10.1. The topological polar surface area (TPSA) is 43.4 Å². The molecule has 0 rings (SSSR count). The van der Waals surface area contributed by atoms with E-state index in [0.717, 1.165) is 11.8 Å². The van der Waals surface area contributed by atoms with Crippen LogP contribution < -0.4 is 0 Å². The van der Waals surface area contributed by atoms with Crippen LogP contribution in [0.2, 0.25) is 0 Å². The third-order valence-corrected chi connectivity index (χ3v) is 2.39. The predicted molar refractivity (Wildman–Crippen MR) is 72.0 cm³/mol. The number of rotatable bonds is 3. The van der Waals surface area contributed by atoms with Crippen molar-refractivity contribution in [3.05, 3.63) is 0 Å². The fourth-order valence-corrected chi connectivity index (χ4v) is 1.76. The van der Waals surface area contributed by atoms with Crippen molar-refractivity contribution in [1.82, 2.24) is 0 Å². The van der Waals surface area contributed by atoms with Gasteiger partial charge in [-0.15, -0.1) is 0 Å². The normalized spacial score (nSPS) is 19.7. The molecule has 0 aromatic rings. The zero-order chi connectivity index (χ0) is 15.6. The van der Waals surface area contributed by atoms with Crippen LogP contribution in [0.4, 0.5) is 0 Å². The minimum Gasteiger partial charge on any atom is -0.460 e. The van der Waals surface area contributed by atoms with Gasteiger partial charge in [-0.3, -0.25) is 9.59 Å². The Kier molecular flexibility index (Phi) is 4.48. The Balaban J connectivity index is 4.90. The monoisotopic (exact) mass is 262 g/mol. The number of ether oxygens (including phenoxy) is 1. The molecular weight excluding hydrogens is 236 g/mol. The molecule has 0 aromatic heterocycles. The molecule has 2 atom stereocenters. The van der Waals surface area contributed by atoms with Crippen LogP contribution in [-0.2, 0) is 14.3 Å². The summed E-state index contributed by atoms with van der Waals surface area (Å²) in [6.45, 7) is 11.8. The van der Waals surface area contributed by atoms with Crippen LogP contribution in [0.25, 0.3) is 0 Å². The first-order chi connectivity index (χ1) is 8.17. The van der Waals surface area contributed by atoms with Crippen molar-refractivity contribution < 1.29 is 17.1 Å². The molecule has 0 aliphatic heterocycles. The molecule has 0 spiro atoms. The molecule has 0 aliphatic rings. The van der Waals surface area contributed by atoms with E-state index in [2.05, 4.69) is 0 Å². The summed E-state index contributed by atoms with van der Waals surface area (Å²) in [4.78, 5) is 23.8. The van der Waals surface area contributed by atoms with Crippen molar-refractivity contribution in [2.75, 3.05) is 0 Å². The van der Waals surface area contributed by atoms with Gasteiger partial charge >= 0.3 is 5.97 Å². The summed E-state index contributed by atoms with van der Waals surface area (Å²) in [6.07, 6.45) is -1.47. The number of esters is 1. The van der Waals surface area contributed by atoms with E-state index in [0.29, 0.717) is 0 Å². The summed E-state index contributed by atoms with van der Waals surface area (Å²) in [5.74, 6) is -2.74. The standard InChI is InChI=1S/C13H24O3S/c1-9(11(15)16-12(2,3)4)8-10(14)17-13(5,6)7/h9H,8H2,1-7H3/t9-/m1/s1/i8D,9D/t8-,9-. The molecule has 0 fully saturated rings. The summed E-state index contributed by atoms with van der Waals surface area (Å²) < 4.78 is 20.5. The minimum absolute atomic E-state index is 0.347. The lowest BCUT2D eigenvalue weighted by molar-refractivity contribution is -0.160. The number of thioether (sulfide) groups is 1. The van der Waals surface area contributed by atoms with E-state index in [1.165, 1.54) is 6.92 Å². The SMILES string of the molecule is [2H][C@@H](C(=O)SC(C)(C)C)[C@@]([2H])(C)C(=O)OC(C)(C)C. The maximum Gasteiger partial charge on any atom is 0.309 e. The molecule has 0 bridgehead atoms. The van der Waals surface area contributed by atoms with Gasteiger partial charge in [0.25, 0.3) is 0 Å². The van der Waals surface area contributed by atoms with Crippen LogP contribution in [0, 0.1) is 5.89 Å². The maximum atomic E-state index is 11.9. The van der Waals surface area contributed by atoms with E-state index < -0.39 is 29.0 Å². The number of carbonyl (C=O) groups is 2. The van der Waals surface area contributed by atoms with Gasteiger partial charge < -0.3 is 4.74 Å². The summed E-state index contributed by atoms with van der Waals surface area (Å²) in [6, 6.07) is 0. The van der Waals surface area contributed by atoms with Crippen LogP contribution in [0.15, 0.2) is 0 Å². The predicted octanol–water partition coefficient (Wildman–Crippen LogP) is 3.41. The van der Waals surface area contributed by atoms with Crippen LogP contribution in [0.1, 0.15) is 57.6 Å². The molecule has 100 valence electrons. The van der Waals surface area contributed by atoms with E-state index >= 15 is 0 Å². The molecule has 0 amide bonds. The first-order valence-electron chi connectivity index (χ1n) is 6.63. The Morgan fingerprint density at radius 3 is 2.12 bits per heavy atom. The zero-order valence-electron chi connectivity index (χ0n) is 13.7. The summed E-state index contributed by atoms with van der Waals surface area (Å²) in [5, 5.41) is -0.490. The van der Waals surface area contributed by atoms with Crippen LogP contribution >= 0.6 is 11.8 Å². The first-order valence-corrected chi connectivity index (χ1v) is 6.37. The van der Waals surface area contributed by atoms with Gasteiger partial charge in [-0.2, -0.15) is 0 Å². The Bertz CT molecular complexity index is 354. The van der Waals surface area contributed by atoms with Crippen molar-refractivity contribution >= 4 is 22.8 Å². The Morgan fingerprint density at radius 2 is 1.76 bits per heavy atom. The van der Waals surface area contributed by atoms with E-state index in [1.807, 2.05) is 20.8 Å². The van der Waals surface area contributed by atoms with Crippen LogP contribution in [0.3, 0.4) is 0 Å². The molecule has 0 heterocycles. The van der Waals surface area contributed by atoms with Crippen molar-refractivity contribution in [3.8, 4) is 0 Å². The van der Waals surface area contributed by atoms with Crippen molar-refractivity contribution in [2.24, 2.45) is 5.89 Å². The Morgan fingerprint density at radius 1 is 1.29 bits per heavy atom. The van der Waals surface area contributed by atoms with Gasteiger partial charge in [-0.05, 0) is 20.8 Å². The molecule has 0 radical (unpaired) electrons.